The molecule has 1 aliphatic rings. The second-order valence-electron chi connectivity index (χ2n) is 9.44. The van der Waals surface area contributed by atoms with Crippen LogP contribution in [0.25, 0.3) is 5.76 Å². The average Bonchev–Trinajstić information content (AvgIpc) is 3.20. The van der Waals surface area contributed by atoms with Crippen molar-refractivity contribution in [2.24, 2.45) is 0 Å². The molecule has 1 fully saturated rings. The quantitative estimate of drug-likeness (QED) is 0.140. The van der Waals surface area contributed by atoms with Crippen molar-refractivity contribution in [3.63, 3.8) is 0 Å². The van der Waals surface area contributed by atoms with Crippen molar-refractivity contribution in [2.75, 3.05) is 46.5 Å². The van der Waals surface area contributed by atoms with Gasteiger partial charge in [0.15, 0.2) is 11.5 Å². The first-order valence-electron chi connectivity index (χ1n) is 13.9. The zero-order valence-electron chi connectivity index (χ0n) is 23.9. The number of carbonyl (C=O) groups is 2. The Morgan fingerprint density at radius 2 is 1.67 bits per heavy atom. The van der Waals surface area contributed by atoms with Crippen molar-refractivity contribution in [2.45, 2.75) is 53.0 Å². The number of ether oxygens (including phenoxy) is 3. The Labute approximate surface area is 232 Å². The highest BCUT2D eigenvalue weighted by Crippen LogP contribution is 2.42. The maximum absolute atomic E-state index is 13.4. The molecule has 0 aromatic heterocycles. The number of rotatable bonds is 15. The van der Waals surface area contributed by atoms with Crippen LogP contribution in [0.3, 0.4) is 0 Å². The van der Waals surface area contributed by atoms with Gasteiger partial charge in [-0.1, -0.05) is 33.3 Å². The number of Topliss-reactive ketones (excluding diaryl/α,β-unsaturated/α-hetero) is 1. The molecular weight excluding hydrogens is 496 g/mol. The molecule has 1 atom stereocenters. The summed E-state index contributed by atoms with van der Waals surface area (Å²) >= 11 is 0. The molecule has 39 heavy (non-hydrogen) atoms. The number of ketones is 1. The van der Waals surface area contributed by atoms with Crippen LogP contribution in [-0.4, -0.2) is 73.1 Å². The lowest BCUT2D eigenvalue weighted by atomic mass is 9.95. The topological polar surface area (TPSA) is 88.5 Å². The summed E-state index contributed by atoms with van der Waals surface area (Å²) in [5.74, 6) is 0.240. The normalized spacial score (nSPS) is 16.7. The number of methoxy groups -OCH3 is 1. The highest BCUT2D eigenvalue weighted by Gasteiger charge is 2.46. The number of amides is 1. The van der Waals surface area contributed by atoms with E-state index >= 15 is 0 Å². The molecule has 0 aliphatic carbocycles. The molecule has 0 spiro atoms. The first kappa shape index (κ1) is 30.0. The largest absolute Gasteiger partial charge is 0.507 e. The van der Waals surface area contributed by atoms with Crippen molar-refractivity contribution >= 4 is 17.4 Å². The van der Waals surface area contributed by atoms with Crippen LogP contribution in [0.1, 0.15) is 64.1 Å². The molecular formula is C31H42N2O6. The molecule has 2 aromatic rings. The SMILES string of the molecule is CCCCOc1ccc(C2/C(=C(\O)c3ccc(OCC)cc3)C(=O)C(=O)N2CCCN(CC)CC)cc1OC. The van der Waals surface area contributed by atoms with E-state index in [2.05, 4.69) is 25.7 Å². The number of unbranched alkanes of at least 4 members (excludes halogenated alkanes) is 1. The monoisotopic (exact) mass is 538 g/mol. The fourth-order valence-corrected chi connectivity index (χ4v) is 4.79. The molecule has 8 nitrogen and oxygen atoms in total. The lowest BCUT2D eigenvalue weighted by Gasteiger charge is -2.27. The molecule has 0 saturated carbocycles. The van der Waals surface area contributed by atoms with E-state index in [9.17, 15) is 14.7 Å². The number of hydrogen-bond donors (Lipinski definition) is 1. The van der Waals surface area contributed by atoms with Gasteiger partial charge >= 0.3 is 0 Å². The minimum Gasteiger partial charge on any atom is -0.507 e. The van der Waals surface area contributed by atoms with Crippen LogP contribution >= 0.6 is 0 Å². The standard InChI is InChI=1S/C31H42N2O6/c1-6-10-20-39-25-17-14-23(21-26(25)37-5)28-27(29(34)22-12-15-24(16-13-22)38-9-4)30(35)31(36)33(28)19-11-18-32(7-2)8-3/h12-17,21,28,34H,6-11,18-20H2,1-5H3/b29-27+. The van der Waals surface area contributed by atoms with Crippen molar-refractivity contribution in [1.82, 2.24) is 9.80 Å². The summed E-state index contributed by atoms with van der Waals surface area (Å²) < 4.78 is 17.0. The van der Waals surface area contributed by atoms with Crippen LogP contribution in [0.2, 0.25) is 0 Å². The van der Waals surface area contributed by atoms with Crippen LogP contribution < -0.4 is 14.2 Å². The molecule has 1 aliphatic heterocycles. The number of nitrogens with zero attached hydrogens (tertiary/aromatic N) is 2. The Kier molecular flexibility index (Phi) is 11.2. The molecule has 0 bridgehead atoms. The van der Waals surface area contributed by atoms with Crippen molar-refractivity contribution in [3.8, 4) is 17.2 Å². The van der Waals surface area contributed by atoms with Gasteiger partial charge in [-0.3, -0.25) is 9.59 Å². The van der Waals surface area contributed by atoms with Crippen LogP contribution in [-0.2, 0) is 9.59 Å². The number of carbonyl (C=O) groups excluding carboxylic acids is 2. The minimum absolute atomic E-state index is 0.0636. The molecule has 1 heterocycles. The van der Waals surface area contributed by atoms with E-state index < -0.39 is 17.7 Å². The molecule has 212 valence electrons. The van der Waals surface area contributed by atoms with Crippen LogP contribution in [0.4, 0.5) is 0 Å². The number of aliphatic hydroxyl groups excluding tert-OH is 1. The van der Waals surface area contributed by atoms with Gasteiger partial charge in [0, 0.05) is 12.1 Å². The van der Waals surface area contributed by atoms with Crippen LogP contribution in [0.5, 0.6) is 17.2 Å². The molecule has 1 saturated heterocycles. The Balaban J connectivity index is 2.04. The van der Waals surface area contributed by atoms with E-state index in [1.807, 2.05) is 13.0 Å². The highest BCUT2D eigenvalue weighted by atomic mass is 16.5. The number of aliphatic hydroxyl groups is 1. The zero-order chi connectivity index (χ0) is 28.4. The molecule has 0 radical (unpaired) electrons. The first-order chi connectivity index (χ1) is 18.9. The van der Waals surface area contributed by atoms with Crippen LogP contribution in [0, 0.1) is 0 Å². The fraction of sp³-hybridized carbons (Fsp3) is 0.484. The highest BCUT2D eigenvalue weighted by molar-refractivity contribution is 6.46. The van der Waals surface area contributed by atoms with Crippen molar-refractivity contribution in [1.29, 1.82) is 0 Å². The van der Waals surface area contributed by atoms with E-state index in [1.54, 1.807) is 48.4 Å². The Morgan fingerprint density at radius 1 is 0.949 bits per heavy atom. The Morgan fingerprint density at radius 3 is 2.28 bits per heavy atom. The first-order valence-corrected chi connectivity index (χ1v) is 13.9. The summed E-state index contributed by atoms with van der Waals surface area (Å²) in [5.41, 5.74) is 1.17. The van der Waals surface area contributed by atoms with Gasteiger partial charge in [0.25, 0.3) is 11.7 Å². The average molecular weight is 539 g/mol. The predicted octanol–water partition coefficient (Wildman–Crippen LogP) is 5.43. The lowest BCUT2D eigenvalue weighted by molar-refractivity contribution is -0.140. The lowest BCUT2D eigenvalue weighted by Crippen LogP contribution is -2.33. The smallest absolute Gasteiger partial charge is 0.295 e. The van der Waals surface area contributed by atoms with Gasteiger partial charge in [-0.2, -0.15) is 0 Å². The van der Waals surface area contributed by atoms with E-state index in [1.165, 1.54) is 0 Å². The number of hydrogen-bond acceptors (Lipinski definition) is 7. The van der Waals surface area contributed by atoms with E-state index in [0.717, 1.165) is 32.5 Å². The molecule has 2 aromatic carbocycles. The van der Waals surface area contributed by atoms with Gasteiger partial charge in [-0.15, -0.1) is 0 Å². The molecule has 1 amide bonds. The molecule has 3 rings (SSSR count). The summed E-state index contributed by atoms with van der Waals surface area (Å²) in [6.07, 6.45) is 2.62. The second-order valence-corrected chi connectivity index (χ2v) is 9.44. The van der Waals surface area contributed by atoms with Gasteiger partial charge in [0.05, 0.1) is 31.9 Å². The molecule has 1 N–H and O–H groups in total. The third-order valence-electron chi connectivity index (χ3n) is 7.01. The molecule has 8 heteroatoms. The van der Waals surface area contributed by atoms with Gasteiger partial charge in [-0.05, 0) is 81.4 Å². The summed E-state index contributed by atoms with van der Waals surface area (Å²) in [4.78, 5) is 30.6. The van der Waals surface area contributed by atoms with Crippen LogP contribution in [0.15, 0.2) is 48.0 Å². The summed E-state index contributed by atoms with van der Waals surface area (Å²) in [5, 5.41) is 11.4. The van der Waals surface area contributed by atoms with Gasteiger partial charge in [0.2, 0.25) is 0 Å². The van der Waals surface area contributed by atoms with Crippen molar-refractivity contribution in [3.05, 3.63) is 59.2 Å². The second kappa shape index (κ2) is 14.6. The third-order valence-corrected chi connectivity index (χ3v) is 7.01. The Bertz CT molecular complexity index is 1140. The maximum Gasteiger partial charge on any atom is 0.295 e. The summed E-state index contributed by atoms with van der Waals surface area (Å²) in [6, 6.07) is 11.5. The van der Waals surface area contributed by atoms with E-state index in [0.29, 0.717) is 54.6 Å². The predicted molar refractivity (Wildman–Crippen MR) is 152 cm³/mol. The van der Waals surface area contributed by atoms with Gasteiger partial charge < -0.3 is 29.1 Å². The van der Waals surface area contributed by atoms with E-state index in [-0.39, 0.29) is 11.3 Å². The van der Waals surface area contributed by atoms with Gasteiger partial charge in [-0.25, -0.2) is 0 Å². The summed E-state index contributed by atoms with van der Waals surface area (Å²) in [6.45, 7) is 12.3. The van der Waals surface area contributed by atoms with E-state index in [4.69, 9.17) is 14.2 Å². The summed E-state index contributed by atoms with van der Waals surface area (Å²) in [7, 11) is 1.56. The molecule has 1 unspecified atom stereocenters. The van der Waals surface area contributed by atoms with Gasteiger partial charge in [0.1, 0.15) is 11.5 Å². The van der Waals surface area contributed by atoms with Crippen molar-refractivity contribution < 1.29 is 28.9 Å². The third kappa shape index (κ3) is 7.12. The number of likely N-dealkylation sites (tertiary alicyclic amines) is 1. The fourth-order valence-electron chi connectivity index (χ4n) is 4.79. The maximum atomic E-state index is 13.4. The minimum atomic E-state index is -0.758. The number of benzene rings is 2. The zero-order valence-corrected chi connectivity index (χ0v) is 23.9. The Hall–Kier alpha value is -3.52.